The lowest BCUT2D eigenvalue weighted by atomic mass is 9.99. The molecule has 6 nitrogen and oxygen atoms in total. The minimum atomic E-state index is -0.371. The van der Waals surface area contributed by atoms with Gasteiger partial charge in [0.15, 0.2) is 11.9 Å². The van der Waals surface area contributed by atoms with Crippen molar-refractivity contribution in [1.29, 1.82) is 0 Å². The van der Waals surface area contributed by atoms with Gasteiger partial charge < -0.3 is 19.0 Å². The fourth-order valence-electron chi connectivity index (χ4n) is 4.53. The van der Waals surface area contributed by atoms with Gasteiger partial charge >= 0.3 is 0 Å². The van der Waals surface area contributed by atoms with Crippen molar-refractivity contribution < 1.29 is 14.0 Å². The molecule has 35 heavy (non-hydrogen) atoms. The Morgan fingerprint density at radius 3 is 2.80 bits per heavy atom. The predicted molar refractivity (Wildman–Crippen MR) is 138 cm³/mol. The molecule has 0 bridgehead atoms. The van der Waals surface area contributed by atoms with E-state index in [1.807, 2.05) is 29.8 Å². The molecule has 1 fully saturated rings. The van der Waals surface area contributed by atoms with E-state index in [0.717, 1.165) is 60.0 Å². The molecule has 0 aliphatic carbocycles. The second-order valence-corrected chi connectivity index (χ2v) is 9.05. The highest BCUT2D eigenvalue weighted by Crippen LogP contribution is 2.32. The number of rotatable bonds is 4. The number of fused-ring (bicyclic) bond motifs is 1. The third-order valence-electron chi connectivity index (χ3n) is 6.18. The standard InChI is InChI=1S/C26H26ClFN4O2.CH4/c1-17-15-32(16-29-17)23-6-5-18(11-25(23)33-2)10-19-4-3-8-31-9-7-24(34-30-26(19)31)20-12-21(27)14-22(28)13-20;/h5-6,10-16,24H,3-4,7-9H2,1-2H3;1H4/b19-10+;/t24-;/m1./s1. The zero-order chi connectivity index (χ0) is 23.7. The molecule has 0 N–H and O–H groups in total. The normalized spacial score (nSPS) is 18.7. The Balaban J connectivity index is 0.00000289. The molecule has 2 aliphatic heterocycles. The summed E-state index contributed by atoms with van der Waals surface area (Å²) in [6, 6.07) is 10.6. The first-order chi connectivity index (χ1) is 16.5. The van der Waals surface area contributed by atoms with Crippen molar-refractivity contribution in [1.82, 2.24) is 14.5 Å². The zero-order valence-corrected chi connectivity index (χ0v) is 19.9. The van der Waals surface area contributed by atoms with Crippen LogP contribution in [0.4, 0.5) is 4.39 Å². The molecular formula is C27H30ClFN4O2. The summed E-state index contributed by atoms with van der Waals surface area (Å²) in [6.45, 7) is 3.65. The number of hydrogen-bond donors (Lipinski definition) is 0. The quantitative estimate of drug-likeness (QED) is 0.410. The molecule has 1 atom stereocenters. The van der Waals surface area contributed by atoms with Crippen molar-refractivity contribution in [2.45, 2.75) is 39.7 Å². The van der Waals surface area contributed by atoms with Crippen LogP contribution in [-0.4, -0.2) is 40.5 Å². The highest BCUT2D eigenvalue weighted by molar-refractivity contribution is 6.30. The van der Waals surface area contributed by atoms with Crippen LogP contribution in [0.5, 0.6) is 5.75 Å². The second kappa shape index (κ2) is 10.5. The fraction of sp³-hybridized carbons (Fsp3) is 0.333. The highest BCUT2D eigenvalue weighted by Gasteiger charge is 2.28. The van der Waals surface area contributed by atoms with Crippen LogP contribution < -0.4 is 4.74 Å². The van der Waals surface area contributed by atoms with Gasteiger partial charge in [0.2, 0.25) is 0 Å². The number of hydrogen-bond acceptors (Lipinski definition) is 5. The number of ether oxygens (including phenoxy) is 1. The van der Waals surface area contributed by atoms with Gasteiger partial charge in [-0.3, -0.25) is 0 Å². The molecule has 8 heteroatoms. The molecule has 0 unspecified atom stereocenters. The monoisotopic (exact) mass is 496 g/mol. The van der Waals surface area contributed by atoms with E-state index in [1.165, 1.54) is 12.1 Å². The van der Waals surface area contributed by atoms with Crippen LogP contribution in [0.3, 0.4) is 0 Å². The van der Waals surface area contributed by atoms with Crippen molar-refractivity contribution >= 4 is 23.5 Å². The lowest BCUT2D eigenvalue weighted by Gasteiger charge is -2.29. The number of nitrogens with zero attached hydrogens (tertiary/aromatic N) is 4. The first-order valence-corrected chi connectivity index (χ1v) is 11.7. The van der Waals surface area contributed by atoms with Gasteiger partial charge in [0.1, 0.15) is 11.6 Å². The Labute approximate surface area is 210 Å². The Kier molecular flexibility index (Phi) is 7.45. The maximum absolute atomic E-state index is 13.9. The van der Waals surface area contributed by atoms with E-state index in [2.05, 4.69) is 27.2 Å². The van der Waals surface area contributed by atoms with Crippen LogP contribution in [0.1, 0.15) is 49.6 Å². The number of halogens is 2. The maximum atomic E-state index is 13.9. The minimum Gasteiger partial charge on any atom is -0.495 e. The summed E-state index contributed by atoms with van der Waals surface area (Å²) in [7, 11) is 1.67. The minimum absolute atomic E-state index is 0. The molecule has 2 aromatic carbocycles. The van der Waals surface area contributed by atoms with Crippen molar-refractivity contribution in [3.63, 3.8) is 0 Å². The molecule has 1 saturated heterocycles. The smallest absolute Gasteiger partial charge is 0.171 e. The highest BCUT2D eigenvalue weighted by atomic mass is 35.5. The number of benzene rings is 2. The Morgan fingerprint density at radius 1 is 1.20 bits per heavy atom. The van der Waals surface area contributed by atoms with E-state index in [-0.39, 0.29) is 19.3 Å². The van der Waals surface area contributed by atoms with Crippen LogP contribution in [0.15, 0.2) is 59.7 Å². The Bertz CT molecular complexity index is 1250. The van der Waals surface area contributed by atoms with Crippen molar-refractivity contribution in [2.75, 3.05) is 20.2 Å². The van der Waals surface area contributed by atoms with Crippen molar-refractivity contribution in [3.05, 3.63) is 82.2 Å². The Hall–Kier alpha value is -3.32. The van der Waals surface area contributed by atoms with Crippen molar-refractivity contribution in [3.8, 4) is 11.4 Å². The number of piperidine rings is 1. The molecule has 3 aromatic rings. The van der Waals surface area contributed by atoms with Crippen LogP contribution in [0.2, 0.25) is 5.02 Å². The van der Waals surface area contributed by atoms with Crippen LogP contribution >= 0.6 is 11.6 Å². The summed E-state index contributed by atoms with van der Waals surface area (Å²) < 4.78 is 21.5. The maximum Gasteiger partial charge on any atom is 0.171 e. The van der Waals surface area contributed by atoms with Gasteiger partial charge in [-0.2, -0.15) is 0 Å². The van der Waals surface area contributed by atoms with E-state index < -0.39 is 0 Å². The summed E-state index contributed by atoms with van der Waals surface area (Å²) in [6.07, 6.45) is 8.18. The van der Waals surface area contributed by atoms with Gasteiger partial charge in [-0.15, -0.1) is 0 Å². The van der Waals surface area contributed by atoms with E-state index >= 15 is 0 Å². The largest absolute Gasteiger partial charge is 0.495 e. The third kappa shape index (κ3) is 5.35. The van der Waals surface area contributed by atoms with Gasteiger partial charge in [0, 0.05) is 30.7 Å². The first-order valence-electron chi connectivity index (χ1n) is 11.3. The van der Waals surface area contributed by atoms with Crippen LogP contribution in [-0.2, 0) is 4.84 Å². The number of oxime groups is 1. The third-order valence-corrected chi connectivity index (χ3v) is 6.40. The molecule has 0 radical (unpaired) electrons. The second-order valence-electron chi connectivity index (χ2n) is 8.61. The molecule has 0 spiro atoms. The van der Waals surface area contributed by atoms with Gasteiger partial charge in [0.25, 0.3) is 0 Å². The van der Waals surface area contributed by atoms with Crippen molar-refractivity contribution in [2.24, 2.45) is 5.16 Å². The van der Waals surface area contributed by atoms with E-state index in [0.29, 0.717) is 17.0 Å². The molecule has 3 heterocycles. The number of methoxy groups -OCH3 is 1. The summed E-state index contributed by atoms with van der Waals surface area (Å²) in [5, 5.41) is 4.87. The van der Waals surface area contributed by atoms with Crippen LogP contribution in [0.25, 0.3) is 11.8 Å². The zero-order valence-electron chi connectivity index (χ0n) is 19.2. The summed E-state index contributed by atoms with van der Waals surface area (Å²) in [5.74, 6) is 1.23. The van der Waals surface area contributed by atoms with Crippen LogP contribution in [0, 0.1) is 12.7 Å². The summed E-state index contributed by atoms with van der Waals surface area (Å²) in [4.78, 5) is 12.5. The average molecular weight is 497 g/mol. The average Bonchev–Trinajstić information content (AvgIpc) is 3.12. The molecule has 1 aromatic heterocycles. The lowest BCUT2D eigenvalue weighted by molar-refractivity contribution is 0.0574. The summed E-state index contributed by atoms with van der Waals surface area (Å²) in [5.41, 5.74) is 4.71. The van der Waals surface area contributed by atoms with Gasteiger partial charge in [-0.1, -0.05) is 30.2 Å². The number of imidazole rings is 1. The van der Waals surface area contributed by atoms with Gasteiger partial charge in [0.05, 0.1) is 24.8 Å². The molecule has 0 saturated carbocycles. The molecule has 0 amide bonds. The summed E-state index contributed by atoms with van der Waals surface area (Å²) >= 11 is 6.06. The molecule has 2 aliphatic rings. The number of aryl methyl sites for hydroxylation is 1. The van der Waals surface area contributed by atoms with E-state index in [4.69, 9.17) is 21.2 Å². The Morgan fingerprint density at radius 2 is 2.06 bits per heavy atom. The van der Waals surface area contributed by atoms with E-state index in [1.54, 1.807) is 19.5 Å². The predicted octanol–water partition coefficient (Wildman–Crippen LogP) is 6.57. The van der Waals surface area contributed by atoms with E-state index in [9.17, 15) is 4.39 Å². The molecular weight excluding hydrogens is 467 g/mol. The van der Waals surface area contributed by atoms with Gasteiger partial charge in [-0.05, 0) is 72.9 Å². The molecule has 184 valence electrons. The molecule has 5 rings (SSSR count). The fourth-order valence-corrected chi connectivity index (χ4v) is 4.76. The first kappa shape index (κ1) is 24.8. The number of aromatic nitrogens is 2. The SMILES string of the molecule is C.COc1cc(/C=C2\CCCN3CC[C@H](c4cc(F)cc(Cl)c4)ON=C23)ccc1-n1cnc(C)c1. The topological polar surface area (TPSA) is 51.9 Å². The number of amidine groups is 1. The lowest BCUT2D eigenvalue weighted by Crippen LogP contribution is -2.37. The van der Waals surface area contributed by atoms with Gasteiger partial charge in [-0.25, -0.2) is 9.37 Å².